The Kier molecular flexibility index (Phi) is 8.02. The summed E-state index contributed by atoms with van der Waals surface area (Å²) in [4.78, 5) is 38.3. The molecule has 26 heavy (non-hydrogen) atoms. The van der Waals surface area contributed by atoms with Crippen LogP contribution in [0.4, 0.5) is 0 Å². The van der Waals surface area contributed by atoms with E-state index in [9.17, 15) is 14.4 Å². The number of ether oxygens (including phenoxy) is 1. The molecule has 0 radical (unpaired) electrons. The number of thiophene rings is 1. The highest BCUT2D eigenvalue weighted by molar-refractivity contribution is 7.08. The second-order valence-corrected chi connectivity index (χ2v) is 7.07. The van der Waals surface area contributed by atoms with E-state index in [2.05, 4.69) is 5.32 Å². The molecular formula is C17H25N3O5S. The van der Waals surface area contributed by atoms with Crippen molar-refractivity contribution >= 4 is 29.1 Å². The number of amides is 2. The summed E-state index contributed by atoms with van der Waals surface area (Å²) < 4.78 is 5.62. The molecule has 2 heterocycles. The molecule has 1 aromatic rings. The maximum Gasteiger partial charge on any atom is 0.317 e. The number of nitrogens with one attached hydrogen (secondary N) is 1. The van der Waals surface area contributed by atoms with Gasteiger partial charge < -0.3 is 20.1 Å². The fourth-order valence-electron chi connectivity index (χ4n) is 2.79. The molecule has 2 rings (SSSR count). The fourth-order valence-corrected chi connectivity index (χ4v) is 3.43. The minimum Gasteiger partial charge on any atom is -0.480 e. The van der Waals surface area contributed by atoms with Gasteiger partial charge in [-0.25, -0.2) is 0 Å². The highest BCUT2D eigenvalue weighted by atomic mass is 32.1. The molecular weight excluding hydrogens is 358 g/mol. The van der Waals surface area contributed by atoms with E-state index in [1.165, 1.54) is 11.3 Å². The molecule has 0 aliphatic carbocycles. The SMILES string of the molecule is CN(CC(=O)O)CC1CN(C(=O)CCCNC(=O)c2ccsc2)CCO1. The summed E-state index contributed by atoms with van der Waals surface area (Å²) in [5.41, 5.74) is 0.642. The number of morpholine rings is 1. The molecule has 1 aliphatic heterocycles. The minimum absolute atomic E-state index is 0.0315. The van der Waals surface area contributed by atoms with Crippen molar-refractivity contribution in [3.63, 3.8) is 0 Å². The van der Waals surface area contributed by atoms with Crippen molar-refractivity contribution in [2.75, 3.05) is 46.4 Å². The van der Waals surface area contributed by atoms with Crippen LogP contribution in [0.2, 0.25) is 0 Å². The van der Waals surface area contributed by atoms with Crippen molar-refractivity contribution in [1.29, 1.82) is 0 Å². The summed E-state index contributed by atoms with van der Waals surface area (Å²) in [5, 5.41) is 15.2. The van der Waals surface area contributed by atoms with Gasteiger partial charge in [0.05, 0.1) is 19.3 Å². The third kappa shape index (κ3) is 6.74. The predicted molar refractivity (Wildman–Crippen MR) is 97.3 cm³/mol. The number of carbonyl (C=O) groups excluding carboxylic acids is 2. The number of likely N-dealkylation sites (N-methyl/N-ethyl adjacent to an activating group) is 1. The van der Waals surface area contributed by atoms with Gasteiger partial charge in [-0.3, -0.25) is 19.3 Å². The van der Waals surface area contributed by atoms with E-state index in [1.54, 1.807) is 28.3 Å². The number of carboxylic acids is 1. The average molecular weight is 383 g/mol. The minimum atomic E-state index is -0.888. The zero-order chi connectivity index (χ0) is 18.9. The van der Waals surface area contributed by atoms with Crippen LogP contribution in [0.3, 0.4) is 0 Å². The maximum absolute atomic E-state index is 12.3. The molecule has 144 valence electrons. The molecule has 1 aromatic heterocycles. The lowest BCUT2D eigenvalue weighted by Gasteiger charge is -2.34. The molecule has 0 bridgehead atoms. The van der Waals surface area contributed by atoms with Gasteiger partial charge in [-0.05, 0) is 24.9 Å². The van der Waals surface area contributed by atoms with Gasteiger partial charge in [-0.2, -0.15) is 11.3 Å². The van der Waals surface area contributed by atoms with Crippen molar-refractivity contribution in [3.05, 3.63) is 22.4 Å². The normalized spacial score (nSPS) is 17.3. The second kappa shape index (κ2) is 10.2. The summed E-state index contributed by atoms with van der Waals surface area (Å²) in [6.07, 6.45) is 0.757. The van der Waals surface area contributed by atoms with Crippen LogP contribution < -0.4 is 5.32 Å². The standard InChI is InChI=1S/C17H25N3O5S/c1-19(11-16(22)23)9-14-10-20(6-7-25-14)15(21)3-2-5-18-17(24)13-4-8-26-12-13/h4,8,12,14H,2-3,5-7,9-11H2,1H3,(H,18,24)(H,22,23). The quantitative estimate of drug-likeness (QED) is 0.603. The average Bonchev–Trinajstić information content (AvgIpc) is 3.12. The molecule has 2 N–H and O–H groups in total. The van der Waals surface area contributed by atoms with Gasteiger partial charge in [0.15, 0.2) is 0 Å². The highest BCUT2D eigenvalue weighted by Gasteiger charge is 2.25. The zero-order valence-electron chi connectivity index (χ0n) is 14.8. The topological polar surface area (TPSA) is 99.2 Å². The molecule has 9 heteroatoms. The van der Waals surface area contributed by atoms with Gasteiger partial charge >= 0.3 is 5.97 Å². The Morgan fingerprint density at radius 2 is 2.27 bits per heavy atom. The Balaban J connectivity index is 1.66. The Bertz CT molecular complexity index is 608. The number of hydrogen-bond acceptors (Lipinski definition) is 6. The van der Waals surface area contributed by atoms with Gasteiger partial charge in [0.2, 0.25) is 5.91 Å². The molecule has 1 fully saturated rings. The molecule has 0 saturated carbocycles. The third-order valence-electron chi connectivity index (χ3n) is 4.05. The van der Waals surface area contributed by atoms with Crippen LogP contribution in [-0.4, -0.2) is 85.2 Å². The molecule has 1 unspecified atom stereocenters. The number of hydrogen-bond donors (Lipinski definition) is 2. The molecule has 0 spiro atoms. The first kappa shape index (κ1) is 20.3. The van der Waals surface area contributed by atoms with Crippen LogP contribution in [0.15, 0.2) is 16.8 Å². The van der Waals surface area contributed by atoms with Crippen LogP contribution in [0, 0.1) is 0 Å². The Hall–Kier alpha value is -1.97. The number of carboxylic acid groups (broad SMARTS) is 1. The van der Waals surface area contributed by atoms with Crippen molar-refractivity contribution in [2.45, 2.75) is 18.9 Å². The largest absolute Gasteiger partial charge is 0.480 e. The molecule has 1 saturated heterocycles. The number of nitrogens with zero attached hydrogens (tertiary/aromatic N) is 2. The van der Waals surface area contributed by atoms with E-state index in [-0.39, 0.29) is 24.5 Å². The number of aliphatic carboxylic acids is 1. The van der Waals surface area contributed by atoms with Crippen LogP contribution >= 0.6 is 11.3 Å². The summed E-state index contributed by atoms with van der Waals surface area (Å²) in [7, 11) is 1.72. The summed E-state index contributed by atoms with van der Waals surface area (Å²) in [5.74, 6) is -0.976. The smallest absolute Gasteiger partial charge is 0.317 e. The number of rotatable bonds is 9. The lowest BCUT2D eigenvalue weighted by Crippen LogP contribution is -2.49. The van der Waals surface area contributed by atoms with Crippen molar-refractivity contribution in [2.24, 2.45) is 0 Å². The fraction of sp³-hybridized carbons (Fsp3) is 0.588. The number of carbonyl (C=O) groups is 3. The van der Waals surface area contributed by atoms with Crippen molar-refractivity contribution in [1.82, 2.24) is 15.1 Å². The first-order valence-electron chi connectivity index (χ1n) is 8.56. The summed E-state index contributed by atoms with van der Waals surface area (Å²) in [6, 6.07) is 1.76. The van der Waals surface area contributed by atoms with Gasteiger partial charge in [0.1, 0.15) is 0 Å². The summed E-state index contributed by atoms with van der Waals surface area (Å²) >= 11 is 1.47. The van der Waals surface area contributed by atoms with E-state index >= 15 is 0 Å². The molecule has 1 atom stereocenters. The lowest BCUT2D eigenvalue weighted by atomic mass is 10.2. The van der Waals surface area contributed by atoms with E-state index in [0.29, 0.717) is 51.2 Å². The van der Waals surface area contributed by atoms with Crippen LogP contribution in [0.5, 0.6) is 0 Å². The first-order chi connectivity index (χ1) is 12.5. The van der Waals surface area contributed by atoms with Crippen LogP contribution in [0.1, 0.15) is 23.2 Å². The molecule has 8 nitrogen and oxygen atoms in total. The third-order valence-corrected chi connectivity index (χ3v) is 4.73. The van der Waals surface area contributed by atoms with Gasteiger partial charge in [-0.1, -0.05) is 0 Å². The van der Waals surface area contributed by atoms with Crippen LogP contribution in [-0.2, 0) is 14.3 Å². The van der Waals surface area contributed by atoms with Crippen molar-refractivity contribution < 1.29 is 24.2 Å². The van der Waals surface area contributed by atoms with Gasteiger partial charge in [-0.15, -0.1) is 0 Å². The predicted octanol–water partition coefficient (Wildman–Crippen LogP) is 0.502. The van der Waals surface area contributed by atoms with E-state index in [0.717, 1.165) is 0 Å². The first-order valence-corrected chi connectivity index (χ1v) is 9.50. The van der Waals surface area contributed by atoms with Crippen LogP contribution in [0.25, 0.3) is 0 Å². The van der Waals surface area contributed by atoms with Gasteiger partial charge in [0.25, 0.3) is 5.91 Å². The second-order valence-electron chi connectivity index (χ2n) is 6.29. The van der Waals surface area contributed by atoms with E-state index < -0.39 is 5.97 Å². The molecule has 0 aromatic carbocycles. The highest BCUT2D eigenvalue weighted by Crippen LogP contribution is 2.09. The molecule has 1 aliphatic rings. The zero-order valence-corrected chi connectivity index (χ0v) is 15.7. The molecule has 2 amide bonds. The van der Waals surface area contributed by atoms with Crippen molar-refractivity contribution in [3.8, 4) is 0 Å². The maximum atomic E-state index is 12.3. The Morgan fingerprint density at radius 3 is 2.96 bits per heavy atom. The monoisotopic (exact) mass is 383 g/mol. The lowest BCUT2D eigenvalue weighted by molar-refractivity contribution is -0.142. The Morgan fingerprint density at radius 1 is 1.46 bits per heavy atom. The van der Waals surface area contributed by atoms with E-state index in [1.807, 2.05) is 5.38 Å². The summed E-state index contributed by atoms with van der Waals surface area (Å²) in [6.45, 7) is 2.31. The van der Waals surface area contributed by atoms with E-state index in [4.69, 9.17) is 9.84 Å². The van der Waals surface area contributed by atoms with Gasteiger partial charge in [0, 0.05) is 43.5 Å². The Labute approximate surface area is 156 Å².